The highest BCUT2D eigenvalue weighted by molar-refractivity contribution is 8.01. The SMILES string of the molecule is CCCCOC(=O)c1csc(SCCN2C(=O)CC[C@@H]2COc2cc(Cl)cc(Cl)c2)n1. The minimum absolute atomic E-state index is 0.00579. The number of thiazole rings is 1. The summed E-state index contributed by atoms with van der Waals surface area (Å²) in [4.78, 5) is 30.5. The first kappa shape index (κ1) is 24.2. The van der Waals surface area contributed by atoms with E-state index < -0.39 is 0 Å². The van der Waals surface area contributed by atoms with Gasteiger partial charge in [0.15, 0.2) is 10.0 Å². The number of esters is 1. The van der Waals surface area contributed by atoms with Gasteiger partial charge in [-0.05, 0) is 31.0 Å². The molecule has 0 aliphatic carbocycles. The van der Waals surface area contributed by atoms with Crippen LogP contribution in [0.3, 0.4) is 0 Å². The summed E-state index contributed by atoms with van der Waals surface area (Å²) in [5, 5.41) is 2.73. The number of halogens is 2. The Kier molecular flexibility index (Phi) is 9.31. The Bertz CT molecular complexity index is 889. The van der Waals surface area contributed by atoms with Crippen LogP contribution in [0.25, 0.3) is 0 Å². The first-order chi connectivity index (χ1) is 15.0. The van der Waals surface area contributed by atoms with Crippen molar-refractivity contribution in [2.45, 2.75) is 43.0 Å². The third kappa shape index (κ3) is 7.27. The molecule has 0 N–H and O–H groups in total. The normalized spacial score (nSPS) is 16.0. The lowest BCUT2D eigenvalue weighted by Crippen LogP contribution is -2.38. The van der Waals surface area contributed by atoms with Crippen molar-refractivity contribution >= 4 is 58.2 Å². The van der Waals surface area contributed by atoms with Crippen LogP contribution in [-0.4, -0.2) is 53.3 Å². The molecule has 6 nitrogen and oxygen atoms in total. The number of likely N-dealkylation sites (tertiary alicyclic amines) is 1. The van der Waals surface area contributed by atoms with Gasteiger partial charge in [0, 0.05) is 34.1 Å². The van der Waals surface area contributed by atoms with Crippen LogP contribution in [-0.2, 0) is 9.53 Å². The van der Waals surface area contributed by atoms with Gasteiger partial charge in [0.2, 0.25) is 5.91 Å². The minimum atomic E-state index is -0.385. The second-order valence-electron chi connectivity index (χ2n) is 7.03. The molecule has 1 amide bonds. The Morgan fingerprint density at radius 3 is 2.84 bits per heavy atom. The fourth-order valence-electron chi connectivity index (χ4n) is 3.11. The number of hydrogen-bond acceptors (Lipinski definition) is 7. The third-order valence-electron chi connectivity index (χ3n) is 4.71. The van der Waals surface area contributed by atoms with Gasteiger partial charge in [0.05, 0.1) is 12.6 Å². The minimum Gasteiger partial charge on any atom is -0.491 e. The van der Waals surface area contributed by atoms with Crippen molar-refractivity contribution in [2.75, 3.05) is 25.5 Å². The van der Waals surface area contributed by atoms with Gasteiger partial charge in [-0.2, -0.15) is 0 Å². The lowest BCUT2D eigenvalue weighted by atomic mass is 10.2. The highest BCUT2D eigenvalue weighted by Gasteiger charge is 2.31. The molecule has 3 rings (SSSR count). The van der Waals surface area contributed by atoms with E-state index in [1.807, 2.05) is 11.8 Å². The van der Waals surface area contributed by atoms with Crippen LogP contribution in [0.15, 0.2) is 27.9 Å². The zero-order valence-electron chi connectivity index (χ0n) is 17.1. The molecule has 2 aromatic rings. The second kappa shape index (κ2) is 11.9. The molecule has 2 heterocycles. The van der Waals surface area contributed by atoms with E-state index in [0.29, 0.717) is 53.4 Å². The number of rotatable bonds is 11. The lowest BCUT2D eigenvalue weighted by molar-refractivity contribution is -0.129. The van der Waals surface area contributed by atoms with Gasteiger partial charge in [-0.1, -0.05) is 48.3 Å². The van der Waals surface area contributed by atoms with Gasteiger partial charge < -0.3 is 14.4 Å². The standard InChI is InChI=1S/C21H24Cl2N2O4S2/c1-2-3-7-28-20(27)18-13-31-21(24-18)30-8-6-25-16(4-5-19(25)26)12-29-17-10-14(22)9-15(23)11-17/h9-11,13,16H,2-8,12H2,1H3/t16-/m1/s1. The number of carbonyl (C=O) groups excluding carboxylic acids is 2. The van der Waals surface area contributed by atoms with Crippen LogP contribution in [0.5, 0.6) is 5.75 Å². The topological polar surface area (TPSA) is 68.7 Å². The molecule has 1 aromatic heterocycles. The van der Waals surface area contributed by atoms with E-state index in [2.05, 4.69) is 4.98 Å². The molecule has 1 aromatic carbocycles. The highest BCUT2D eigenvalue weighted by atomic mass is 35.5. The van der Waals surface area contributed by atoms with Gasteiger partial charge in [0.25, 0.3) is 0 Å². The monoisotopic (exact) mass is 502 g/mol. The van der Waals surface area contributed by atoms with Crippen LogP contribution >= 0.6 is 46.3 Å². The summed E-state index contributed by atoms with van der Waals surface area (Å²) >= 11 is 15.0. The smallest absolute Gasteiger partial charge is 0.357 e. The molecule has 1 aliphatic rings. The number of benzene rings is 1. The fraction of sp³-hybridized carbons (Fsp3) is 0.476. The van der Waals surface area contributed by atoms with Crippen molar-refractivity contribution in [3.63, 3.8) is 0 Å². The number of hydrogen-bond donors (Lipinski definition) is 0. The summed E-state index contributed by atoms with van der Waals surface area (Å²) in [7, 11) is 0. The van der Waals surface area contributed by atoms with Gasteiger partial charge in [-0.3, -0.25) is 4.79 Å². The molecule has 0 spiro atoms. The number of thioether (sulfide) groups is 1. The van der Waals surface area contributed by atoms with Crippen molar-refractivity contribution in [1.29, 1.82) is 0 Å². The van der Waals surface area contributed by atoms with Crippen molar-refractivity contribution in [3.05, 3.63) is 39.3 Å². The number of amides is 1. The maximum absolute atomic E-state index is 12.3. The Balaban J connectivity index is 1.46. The molecule has 1 aliphatic heterocycles. The molecule has 1 atom stereocenters. The number of carbonyl (C=O) groups is 2. The van der Waals surface area contributed by atoms with E-state index in [1.54, 1.807) is 23.6 Å². The lowest BCUT2D eigenvalue weighted by Gasteiger charge is -2.24. The highest BCUT2D eigenvalue weighted by Crippen LogP contribution is 2.27. The molecule has 168 valence electrons. The Morgan fingerprint density at radius 1 is 1.32 bits per heavy atom. The van der Waals surface area contributed by atoms with Crippen LogP contribution < -0.4 is 4.74 Å². The summed E-state index contributed by atoms with van der Waals surface area (Å²) in [6.45, 7) is 3.43. The van der Waals surface area contributed by atoms with E-state index in [1.165, 1.54) is 23.1 Å². The molecule has 0 saturated carbocycles. The first-order valence-electron chi connectivity index (χ1n) is 10.1. The molecule has 0 unspecified atom stereocenters. The predicted molar refractivity (Wildman–Crippen MR) is 125 cm³/mol. The van der Waals surface area contributed by atoms with Gasteiger partial charge in [-0.25, -0.2) is 9.78 Å². The zero-order chi connectivity index (χ0) is 22.2. The van der Waals surface area contributed by atoms with E-state index >= 15 is 0 Å². The van der Waals surface area contributed by atoms with Crippen LogP contribution in [0.1, 0.15) is 43.1 Å². The molecular weight excluding hydrogens is 479 g/mol. The summed E-state index contributed by atoms with van der Waals surface area (Å²) in [6.07, 6.45) is 3.08. The predicted octanol–water partition coefficient (Wildman–Crippen LogP) is 5.57. The number of unbranched alkanes of at least 4 members (excludes halogenated alkanes) is 1. The largest absolute Gasteiger partial charge is 0.491 e. The maximum atomic E-state index is 12.3. The number of nitrogens with zero attached hydrogens (tertiary/aromatic N) is 2. The van der Waals surface area contributed by atoms with Crippen molar-refractivity contribution in [3.8, 4) is 5.75 Å². The van der Waals surface area contributed by atoms with Crippen molar-refractivity contribution in [1.82, 2.24) is 9.88 Å². The van der Waals surface area contributed by atoms with E-state index in [0.717, 1.165) is 23.6 Å². The molecular formula is C21H24Cl2N2O4S2. The number of aromatic nitrogens is 1. The maximum Gasteiger partial charge on any atom is 0.357 e. The number of ether oxygens (including phenoxy) is 2. The molecule has 0 radical (unpaired) electrons. The Morgan fingerprint density at radius 2 is 2.10 bits per heavy atom. The summed E-state index contributed by atoms with van der Waals surface area (Å²) in [6, 6.07) is 5.06. The van der Waals surface area contributed by atoms with E-state index in [9.17, 15) is 9.59 Å². The van der Waals surface area contributed by atoms with E-state index in [4.69, 9.17) is 32.7 Å². The van der Waals surface area contributed by atoms with E-state index in [-0.39, 0.29) is 17.9 Å². The molecule has 10 heteroatoms. The van der Waals surface area contributed by atoms with Gasteiger partial charge >= 0.3 is 5.97 Å². The molecule has 0 bridgehead atoms. The summed E-state index contributed by atoms with van der Waals surface area (Å²) in [5.74, 6) is 1.01. The average molecular weight is 503 g/mol. The average Bonchev–Trinajstić information content (AvgIpc) is 3.33. The van der Waals surface area contributed by atoms with Gasteiger partial charge in [0.1, 0.15) is 12.4 Å². The molecule has 1 saturated heterocycles. The first-order valence-corrected chi connectivity index (χ1v) is 12.7. The van der Waals surface area contributed by atoms with Crippen LogP contribution in [0, 0.1) is 0 Å². The van der Waals surface area contributed by atoms with Crippen LogP contribution in [0.4, 0.5) is 0 Å². The molecule has 1 fully saturated rings. The summed E-state index contributed by atoms with van der Waals surface area (Å²) in [5.41, 5.74) is 0.340. The van der Waals surface area contributed by atoms with Crippen molar-refractivity contribution < 1.29 is 19.1 Å². The summed E-state index contributed by atoms with van der Waals surface area (Å²) < 4.78 is 11.8. The van der Waals surface area contributed by atoms with Crippen LogP contribution in [0.2, 0.25) is 10.0 Å². The fourth-order valence-corrected chi connectivity index (χ4v) is 5.42. The Hall–Kier alpha value is -1.48. The second-order valence-corrected chi connectivity index (χ2v) is 10.1. The quantitative estimate of drug-likeness (QED) is 0.227. The van der Waals surface area contributed by atoms with Gasteiger partial charge in [-0.15, -0.1) is 11.3 Å². The Labute approximate surface area is 200 Å². The third-order valence-corrected chi connectivity index (χ3v) is 7.15. The molecule has 31 heavy (non-hydrogen) atoms. The zero-order valence-corrected chi connectivity index (χ0v) is 20.3. The van der Waals surface area contributed by atoms with Crippen molar-refractivity contribution in [2.24, 2.45) is 0 Å².